The first-order chi connectivity index (χ1) is 8.90. The van der Waals surface area contributed by atoms with E-state index < -0.39 is 0 Å². The molecule has 4 heteroatoms. The summed E-state index contributed by atoms with van der Waals surface area (Å²) in [5, 5.41) is 2.31. The van der Waals surface area contributed by atoms with Gasteiger partial charge in [-0.1, -0.05) is 18.2 Å². The molecule has 0 spiro atoms. The molecule has 2 fully saturated rings. The maximum Gasteiger partial charge on any atom is 0.0528 e. The van der Waals surface area contributed by atoms with Gasteiger partial charge in [-0.05, 0) is 12.1 Å². The van der Waals surface area contributed by atoms with Crippen LogP contribution < -0.4 is 5.43 Å². The average Bonchev–Trinajstić information content (AvgIpc) is 2.37. The normalized spacial score (nSPS) is 22.7. The molecule has 98 valence electrons. The number of benzene rings is 1. The van der Waals surface area contributed by atoms with Crippen LogP contribution in [0.3, 0.4) is 0 Å². The number of nitrogens with one attached hydrogen (secondary N) is 1. The van der Waals surface area contributed by atoms with Crippen LogP contribution in [-0.2, 0) is 4.74 Å². The van der Waals surface area contributed by atoms with Crippen LogP contribution in [0.2, 0.25) is 0 Å². The predicted molar refractivity (Wildman–Crippen MR) is 72.4 cm³/mol. The minimum atomic E-state index is 0.777. The van der Waals surface area contributed by atoms with E-state index in [9.17, 15) is 0 Å². The molecule has 0 atom stereocenters. The quantitative estimate of drug-likeness (QED) is 0.867. The summed E-state index contributed by atoms with van der Waals surface area (Å²) in [4.78, 5) is 2.55. The summed E-state index contributed by atoms with van der Waals surface area (Å²) in [6, 6.07) is 10.4. The van der Waals surface area contributed by atoms with Crippen LogP contribution in [-0.4, -0.2) is 55.8 Å². The molecule has 2 heterocycles. The van der Waals surface area contributed by atoms with Gasteiger partial charge < -0.3 is 15.1 Å². The van der Waals surface area contributed by atoms with Crippen molar-refractivity contribution in [3.8, 4) is 0 Å². The van der Waals surface area contributed by atoms with Gasteiger partial charge in [-0.3, -0.25) is 0 Å². The number of hydrazine groups is 1. The second kappa shape index (κ2) is 5.69. The molecular formula is C14H21N3O. The molecule has 0 unspecified atom stereocenters. The van der Waals surface area contributed by atoms with Gasteiger partial charge in [0.25, 0.3) is 0 Å². The van der Waals surface area contributed by atoms with E-state index in [-0.39, 0.29) is 0 Å². The summed E-state index contributed by atoms with van der Waals surface area (Å²) < 4.78 is 5.23. The molecule has 4 nitrogen and oxygen atoms in total. The van der Waals surface area contributed by atoms with Gasteiger partial charge in [-0.15, -0.1) is 0 Å². The average molecular weight is 247 g/mol. The van der Waals surface area contributed by atoms with Crippen molar-refractivity contribution >= 4 is 5.69 Å². The fraction of sp³-hybridized carbons (Fsp3) is 0.571. The van der Waals surface area contributed by atoms with Gasteiger partial charge in [0, 0.05) is 44.3 Å². The molecule has 0 saturated carbocycles. The van der Waals surface area contributed by atoms with Crippen molar-refractivity contribution < 1.29 is 4.74 Å². The Hall–Kier alpha value is -1.10. The van der Waals surface area contributed by atoms with Crippen molar-refractivity contribution in [2.75, 3.05) is 51.4 Å². The summed E-state index contributed by atoms with van der Waals surface area (Å²) in [7, 11) is 0. The van der Waals surface area contributed by atoms with Gasteiger partial charge in [-0.2, -0.15) is 0 Å². The van der Waals surface area contributed by atoms with Crippen LogP contribution in [0.15, 0.2) is 30.3 Å². The molecule has 2 saturated heterocycles. The lowest BCUT2D eigenvalue weighted by Crippen LogP contribution is -2.51. The Morgan fingerprint density at radius 1 is 1.06 bits per heavy atom. The van der Waals surface area contributed by atoms with Gasteiger partial charge in [0.05, 0.1) is 13.2 Å². The monoisotopic (exact) mass is 247 g/mol. The molecule has 3 rings (SSSR count). The van der Waals surface area contributed by atoms with Gasteiger partial charge in [0.15, 0.2) is 0 Å². The summed E-state index contributed by atoms with van der Waals surface area (Å²) in [6.07, 6.45) is 0. The van der Waals surface area contributed by atoms with E-state index in [1.54, 1.807) is 0 Å². The molecule has 1 N–H and O–H groups in total. The van der Waals surface area contributed by atoms with Crippen LogP contribution in [0.25, 0.3) is 0 Å². The molecule has 1 aromatic rings. The van der Waals surface area contributed by atoms with Crippen molar-refractivity contribution in [2.45, 2.75) is 0 Å². The lowest BCUT2D eigenvalue weighted by Gasteiger charge is -2.38. The first-order valence-electron chi connectivity index (χ1n) is 6.77. The number of para-hydroxylation sites is 1. The second-order valence-corrected chi connectivity index (χ2v) is 5.17. The summed E-state index contributed by atoms with van der Waals surface area (Å²) in [6.45, 7) is 7.60. The minimum absolute atomic E-state index is 0.777. The predicted octanol–water partition coefficient (Wildman–Crippen LogP) is 1.28. The molecule has 18 heavy (non-hydrogen) atoms. The standard InChI is InChI=1S/C14H21N3O/c1-2-4-14(5-3-1)15-17-8-6-16(7-9-17)10-13-11-18-12-13/h1-5,13,15H,6-12H2. The number of nitrogens with zero attached hydrogens (tertiary/aromatic N) is 2. The highest BCUT2D eigenvalue weighted by Gasteiger charge is 2.24. The number of anilines is 1. The Labute approximate surface area is 108 Å². The SMILES string of the molecule is c1ccc(NN2CCN(CC3COC3)CC2)cc1. The van der Waals surface area contributed by atoms with Crippen LogP contribution >= 0.6 is 0 Å². The molecule has 0 radical (unpaired) electrons. The highest BCUT2D eigenvalue weighted by Crippen LogP contribution is 2.14. The molecule has 0 amide bonds. The lowest BCUT2D eigenvalue weighted by atomic mass is 10.1. The van der Waals surface area contributed by atoms with E-state index in [4.69, 9.17) is 4.74 Å². The maximum absolute atomic E-state index is 5.23. The van der Waals surface area contributed by atoms with Gasteiger partial charge in [0.2, 0.25) is 0 Å². The topological polar surface area (TPSA) is 27.7 Å². The first-order valence-corrected chi connectivity index (χ1v) is 6.77. The summed E-state index contributed by atoms with van der Waals surface area (Å²) in [5.74, 6) is 0.777. The van der Waals surface area contributed by atoms with E-state index in [0.29, 0.717) is 0 Å². The van der Waals surface area contributed by atoms with Gasteiger partial charge in [-0.25, -0.2) is 5.01 Å². The van der Waals surface area contributed by atoms with Crippen molar-refractivity contribution in [1.82, 2.24) is 9.91 Å². The van der Waals surface area contributed by atoms with Crippen molar-refractivity contribution in [3.05, 3.63) is 30.3 Å². The van der Waals surface area contributed by atoms with E-state index in [1.165, 1.54) is 12.2 Å². The summed E-state index contributed by atoms with van der Waals surface area (Å²) in [5.41, 5.74) is 4.64. The van der Waals surface area contributed by atoms with Crippen LogP contribution in [0, 0.1) is 5.92 Å². The minimum Gasteiger partial charge on any atom is -0.381 e. The fourth-order valence-electron chi connectivity index (χ4n) is 2.49. The number of rotatable bonds is 4. The van der Waals surface area contributed by atoms with Gasteiger partial charge in [0.1, 0.15) is 0 Å². The van der Waals surface area contributed by atoms with E-state index in [0.717, 1.165) is 45.3 Å². The molecule has 1 aromatic carbocycles. The Morgan fingerprint density at radius 2 is 1.78 bits per heavy atom. The Morgan fingerprint density at radius 3 is 2.39 bits per heavy atom. The van der Waals surface area contributed by atoms with Crippen molar-refractivity contribution in [2.24, 2.45) is 5.92 Å². The fourth-order valence-corrected chi connectivity index (χ4v) is 2.49. The third kappa shape index (κ3) is 3.02. The Bertz CT molecular complexity index is 359. The van der Waals surface area contributed by atoms with E-state index in [2.05, 4.69) is 39.6 Å². The Balaban J connectivity index is 1.42. The highest BCUT2D eigenvalue weighted by molar-refractivity contribution is 5.41. The van der Waals surface area contributed by atoms with Gasteiger partial charge >= 0.3 is 0 Å². The molecule has 2 aliphatic heterocycles. The molecule has 2 aliphatic rings. The zero-order valence-corrected chi connectivity index (χ0v) is 10.7. The smallest absolute Gasteiger partial charge is 0.0528 e. The van der Waals surface area contributed by atoms with E-state index >= 15 is 0 Å². The first kappa shape index (κ1) is 12.0. The van der Waals surface area contributed by atoms with E-state index in [1.807, 2.05) is 6.07 Å². The zero-order chi connectivity index (χ0) is 12.2. The number of piperazine rings is 1. The zero-order valence-electron chi connectivity index (χ0n) is 10.7. The van der Waals surface area contributed by atoms with Crippen molar-refractivity contribution in [1.29, 1.82) is 0 Å². The van der Waals surface area contributed by atoms with Crippen molar-refractivity contribution in [3.63, 3.8) is 0 Å². The molecule has 0 aromatic heterocycles. The lowest BCUT2D eigenvalue weighted by molar-refractivity contribution is -0.0503. The number of hydrogen-bond donors (Lipinski definition) is 1. The number of hydrogen-bond acceptors (Lipinski definition) is 4. The van der Waals surface area contributed by atoms with Crippen LogP contribution in [0.5, 0.6) is 0 Å². The molecule has 0 bridgehead atoms. The van der Waals surface area contributed by atoms with Crippen LogP contribution in [0.1, 0.15) is 0 Å². The highest BCUT2D eigenvalue weighted by atomic mass is 16.5. The third-order valence-electron chi connectivity index (χ3n) is 3.66. The summed E-state index contributed by atoms with van der Waals surface area (Å²) >= 11 is 0. The number of ether oxygens (including phenoxy) is 1. The molecular weight excluding hydrogens is 226 g/mol. The van der Waals surface area contributed by atoms with Crippen LogP contribution in [0.4, 0.5) is 5.69 Å². The Kier molecular flexibility index (Phi) is 3.78. The largest absolute Gasteiger partial charge is 0.381 e. The molecule has 0 aliphatic carbocycles. The second-order valence-electron chi connectivity index (χ2n) is 5.17. The third-order valence-corrected chi connectivity index (χ3v) is 3.66. The maximum atomic E-state index is 5.23.